The van der Waals surface area contributed by atoms with Crippen molar-refractivity contribution in [3.8, 4) is 0 Å². The minimum atomic E-state index is -0.256. The van der Waals surface area contributed by atoms with Crippen LogP contribution in [0.1, 0.15) is 30.9 Å². The van der Waals surface area contributed by atoms with E-state index in [9.17, 15) is 9.18 Å². The molecule has 114 valence electrons. The van der Waals surface area contributed by atoms with E-state index in [0.29, 0.717) is 19.7 Å². The van der Waals surface area contributed by atoms with Crippen molar-refractivity contribution in [2.24, 2.45) is 0 Å². The third kappa shape index (κ3) is 3.41. The van der Waals surface area contributed by atoms with Crippen LogP contribution < -0.4 is 5.32 Å². The molecule has 1 N–H and O–H groups in total. The normalized spacial score (nSPS) is 26.6. The fourth-order valence-corrected chi connectivity index (χ4v) is 3.01. The number of rotatable bonds is 2. The van der Waals surface area contributed by atoms with Crippen LogP contribution in [0.15, 0.2) is 24.3 Å². The molecule has 21 heavy (non-hydrogen) atoms. The quantitative estimate of drug-likeness (QED) is 0.905. The minimum Gasteiger partial charge on any atom is -0.370 e. The van der Waals surface area contributed by atoms with E-state index in [1.807, 2.05) is 4.90 Å². The van der Waals surface area contributed by atoms with E-state index < -0.39 is 0 Å². The van der Waals surface area contributed by atoms with Crippen LogP contribution in [0, 0.1) is 5.82 Å². The maximum absolute atomic E-state index is 13.0. The van der Waals surface area contributed by atoms with Gasteiger partial charge in [-0.2, -0.15) is 0 Å². The molecule has 0 bridgehead atoms. The van der Waals surface area contributed by atoms with Crippen LogP contribution in [0.3, 0.4) is 0 Å². The van der Waals surface area contributed by atoms with Crippen molar-refractivity contribution in [3.63, 3.8) is 0 Å². The Bertz CT molecular complexity index is 486. The summed E-state index contributed by atoms with van der Waals surface area (Å²) in [6.45, 7) is 2.62. The molecule has 0 spiro atoms. The van der Waals surface area contributed by atoms with Gasteiger partial charge in [0, 0.05) is 6.54 Å². The van der Waals surface area contributed by atoms with E-state index in [-0.39, 0.29) is 23.9 Å². The topological polar surface area (TPSA) is 41.6 Å². The number of hydrogen-bond acceptors (Lipinski definition) is 3. The summed E-state index contributed by atoms with van der Waals surface area (Å²) >= 11 is 0. The molecule has 1 amide bonds. The predicted octanol–water partition coefficient (Wildman–Crippen LogP) is 1.87. The van der Waals surface area contributed by atoms with E-state index in [2.05, 4.69) is 5.32 Å². The first kappa shape index (κ1) is 14.5. The van der Waals surface area contributed by atoms with Gasteiger partial charge >= 0.3 is 0 Å². The van der Waals surface area contributed by atoms with Crippen molar-refractivity contribution in [1.29, 1.82) is 0 Å². The Morgan fingerprint density at radius 3 is 2.81 bits per heavy atom. The lowest BCUT2D eigenvalue weighted by molar-refractivity contribution is -0.141. The number of benzene rings is 1. The van der Waals surface area contributed by atoms with Gasteiger partial charge in [0.25, 0.3) is 0 Å². The standard InChI is InChI=1S/C16H21FN2O2/c17-13-6-4-12(5-7-13)15-11-19(9-10-21-15)16(20)14-3-1-2-8-18-14/h4-7,14-15,18H,1-3,8-11H2/t14-,15?/m0/s1. The average molecular weight is 292 g/mol. The highest BCUT2D eigenvalue weighted by molar-refractivity contribution is 5.82. The Hall–Kier alpha value is -1.46. The summed E-state index contributed by atoms with van der Waals surface area (Å²) in [5.41, 5.74) is 0.922. The fraction of sp³-hybridized carbons (Fsp3) is 0.562. The Balaban J connectivity index is 1.64. The fourth-order valence-electron chi connectivity index (χ4n) is 3.01. The molecule has 5 heteroatoms. The van der Waals surface area contributed by atoms with Gasteiger partial charge in [0.1, 0.15) is 11.9 Å². The molecular formula is C16H21FN2O2. The molecular weight excluding hydrogens is 271 g/mol. The summed E-state index contributed by atoms with van der Waals surface area (Å²) < 4.78 is 18.7. The molecule has 2 heterocycles. The highest BCUT2D eigenvalue weighted by Crippen LogP contribution is 2.23. The van der Waals surface area contributed by atoms with Crippen molar-refractivity contribution >= 4 is 5.91 Å². The van der Waals surface area contributed by atoms with Crippen LogP contribution in [-0.2, 0) is 9.53 Å². The second-order valence-corrected chi connectivity index (χ2v) is 5.70. The monoisotopic (exact) mass is 292 g/mol. The van der Waals surface area contributed by atoms with Gasteiger partial charge in [0.05, 0.1) is 19.2 Å². The summed E-state index contributed by atoms with van der Waals surface area (Å²) in [7, 11) is 0. The number of carbonyl (C=O) groups excluding carboxylic acids is 1. The molecule has 1 aromatic carbocycles. The smallest absolute Gasteiger partial charge is 0.239 e. The van der Waals surface area contributed by atoms with Crippen LogP contribution in [0.4, 0.5) is 4.39 Å². The maximum Gasteiger partial charge on any atom is 0.239 e. The molecule has 0 aliphatic carbocycles. The lowest BCUT2D eigenvalue weighted by Crippen LogP contribution is -2.52. The van der Waals surface area contributed by atoms with Gasteiger partial charge < -0.3 is 15.0 Å². The van der Waals surface area contributed by atoms with E-state index in [4.69, 9.17) is 4.74 Å². The van der Waals surface area contributed by atoms with Gasteiger partial charge in [-0.15, -0.1) is 0 Å². The molecule has 4 nitrogen and oxygen atoms in total. The predicted molar refractivity (Wildman–Crippen MR) is 77.3 cm³/mol. The number of nitrogens with one attached hydrogen (secondary N) is 1. The Morgan fingerprint density at radius 1 is 1.29 bits per heavy atom. The molecule has 0 saturated carbocycles. The SMILES string of the molecule is O=C([C@@H]1CCCCN1)N1CCOC(c2ccc(F)cc2)C1. The van der Waals surface area contributed by atoms with E-state index in [1.165, 1.54) is 12.1 Å². The third-order valence-electron chi connectivity index (χ3n) is 4.23. The number of ether oxygens (including phenoxy) is 1. The van der Waals surface area contributed by atoms with Crippen LogP contribution in [0.2, 0.25) is 0 Å². The number of carbonyl (C=O) groups is 1. The summed E-state index contributed by atoms with van der Waals surface area (Å²) in [4.78, 5) is 14.4. The summed E-state index contributed by atoms with van der Waals surface area (Å²) in [5, 5.41) is 3.30. The van der Waals surface area contributed by atoms with E-state index in [1.54, 1.807) is 12.1 Å². The van der Waals surface area contributed by atoms with E-state index in [0.717, 1.165) is 31.4 Å². The molecule has 2 aliphatic rings. The number of morpholine rings is 1. The summed E-state index contributed by atoms with van der Waals surface area (Å²) in [5.74, 6) is -0.0843. The molecule has 2 atom stereocenters. The number of hydrogen-bond donors (Lipinski definition) is 1. The van der Waals surface area contributed by atoms with Crippen molar-refractivity contribution in [3.05, 3.63) is 35.6 Å². The van der Waals surface area contributed by atoms with Crippen molar-refractivity contribution in [2.45, 2.75) is 31.4 Å². The Morgan fingerprint density at radius 2 is 2.10 bits per heavy atom. The second-order valence-electron chi connectivity index (χ2n) is 5.70. The number of nitrogens with zero attached hydrogens (tertiary/aromatic N) is 1. The van der Waals surface area contributed by atoms with E-state index >= 15 is 0 Å². The van der Waals surface area contributed by atoms with Crippen LogP contribution in [-0.4, -0.2) is 43.1 Å². The molecule has 3 rings (SSSR count). The van der Waals surface area contributed by atoms with Gasteiger partial charge in [0.2, 0.25) is 5.91 Å². The lowest BCUT2D eigenvalue weighted by atomic mass is 10.0. The summed E-state index contributed by atoms with van der Waals surface area (Å²) in [6, 6.07) is 6.27. The zero-order valence-electron chi connectivity index (χ0n) is 12.1. The average Bonchev–Trinajstić information content (AvgIpc) is 2.56. The minimum absolute atomic E-state index is 0.0503. The van der Waals surface area contributed by atoms with Crippen LogP contribution in [0.5, 0.6) is 0 Å². The van der Waals surface area contributed by atoms with Crippen LogP contribution >= 0.6 is 0 Å². The second kappa shape index (κ2) is 6.54. The third-order valence-corrected chi connectivity index (χ3v) is 4.23. The first-order valence-corrected chi connectivity index (χ1v) is 7.63. The highest BCUT2D eigenvalue weighted by Gasteiger charge is 2.30. The molecule has 0 radical (unpaired) electrons. The molecule has 0 aromatic heterocycles. The van der Waals surface area contributed by atoms with Gasteiger partial charge in [-0.25, -0.2) is 4.39 Å². The molecule has 2 fully saturated rings. The highest BCUT2D eigenvalue weighted by atomic mass is 19.1. The van der Waals surface area contributed by atoms with Crippen LogP contribution in [0.25, 0.3) is 0 Å². The maximum atomic E-state index is 13.0. The molecule has 1 unspecified atom stereocenters. The zero-order chi connectivity index (χ0) is 14.7. The Kier molecular flexibility index (Phi) is 4.51. The largest absolute Gasteiger partial charge is 0.370 e. The first-order valence-electron chi connectivity index (χ1n) is 7.63. The van der Waals surface area contributed by atoms with Gasteiger partial charge in [0.15, 0.2) is 0 Å². The van der Waals surface area contributed by atoms with Gasteiger partial charge in [-0.3, -0.25) is 4.79 Å². The number of halogens is 1. The van der Waals surface area contributed by atoms with Crippen molar-refractivity contribution in [2.75, 3.05) is 26.2 Å². The molecule has 1 aromatic rings. The lowest BCUT2D eigenvalue weighted by Gasteiger charge is -2.36. The van der Waals surface area contributed by atoms with Gasteiger partial charge in [-0.05, 0) is 37.1 Å². The Labute approximate surface area is 124 Å². The number of piperidine rings is 1. The first-order chi connectivity index (χ1) is 10.2. The van der Waals surface area contributed by atoms with Gasteiger partial charge in [-0.1, -0.05) is 18.6 Å². The molecule has 2 saturated heterocycles. The van der Waals surface area contributed by atoms with Crippen molar-refractivity contribution in [1.82, 2.24) is 10.2 Å². The zero-order valence-corrected chi connectivity index (χ0v) is 12.1. The number of amides is 1. The summed E-state index contributed by atoms with van der Waals surface area (Å²) in [6.07, 6.45) is 3.00. The molecule has 2 aliphatic heterocycles. The van der Waals surface area contributed by atoms with Crippen molar-refractivity contribution < 1.29 is 13.9 Å².